The minimum atomic E-state index is -3.00. The van der Waals surface area contributed by atoms with Gasteiger partial charge in [-0.3, -0.25) is 4.79 Å². The van der Waals surface area contributed by atoms with Crippen molar-refractivity contribution in [3.8, 4) is 0 Å². The summed E-state index contributed by atoms with van der Waals surface area (Å²) in [5.74, 6) is 0.305. The quantitative estimate of drug-likeness (QED) is 0.816. The number of carbonyl (C=O) groups excluding carboxylic acids is 1. The molecule has 1 atom stereocenters. The molecule has 0 aliphatic carbocycles. The van der Waals surface area contributed by atoms with Crippen molar-refractivity contribution in [2.75, 3.05) is 23.0 Å². The molecule has 8 heteroatoms. The van der Waals surface area contributed by atoms with Crippen LogP contribution in [0.15, 0.2) is 42.6 Å². The van der Waals surface area contributed by atoms with Gasteiger partial charge in [0.25, 0.3) is 5.91 Å². The first kappa shape index (κ1) is 19.3. The Balaban J connectivity index is 1.70. The SMILES string of the molecule is CCN(c1cc(C(=O)NCc2ccc(F)cc2)ccn1)C1CCS(=O)(=O)C1. The normalized spacial score (nSPS) is 18.2. The summed E-state index contributed by atoms with van der Waals surface area (Å²) in [4.78, 5) is 18.7. The highest BCUT2D eigenvalue weighted by atomic mass is 32.2. The molecule has 0 saturated carbocycles. The average molecular weight is 391 g/mol. The van der Waals surface area contributed by atoms with E-state index in [1.165, 1.54) is 12.1 Å². The van der Waals surface area contributed by atoms with Crippen molar-refractivity contribution in [3.05, 3.63) is 59.5 Å². The lowest BCUT2D eigenvalue weighted by molar-refractivity contribution is 0.0951. The molecule has 1 aliphatic heterocycles. The number of halogens is 1. The molecular weight excluding hydrogens is 369 g/mol. The fourth-order valence-corrected chi connectivity index (χ4v) is 4.96. The molecule has 27 heavy (non-hydrogen) atoms. The van der Waals surface area contributed by atoms with Crippen LogP contribution in [0.25, 0.3) is 0 Å². The van der Waals surface area contributed by atoms with Crippen molar-refractivity contribution in [3.63, 3.8) is 0 Å². The third kappa shape index (κ3) is 4.82. The number of amides is 1. The third-order valence-electron chi connectivity index (χ3n) is 4.66. The molecule has 3 rings (SSSR count). The number of sulfone groups is 1. The monoisotopic (exact) mass is 391 g/mol. The zero-order valence-corrected chi connectivity index (χ0v) is 15.9. The molecule has 1 aromatic heterocycles. The Kier molecular flexibility index (Phi) is 5.74. The molecule has 6 nitrogen and oxygen atoms in total. The fourth-order valence-electron chi connectivity index (χ4n) is 3.23. The van der Waals surface area contributed by atoms with Gasteiger partial charge < -0.3 is 10.2 Å². The summed E-state index contributed by atoms with van der Waals surface area (Å²) in [6.45, 7) is 2.83. The number of benzene rings is 1. The van der Waals surface area contributed by atoms with Gasteiger partial charge >= 0.3 is 0 Å². The van der Waals surface area contributed by atoms with Crippen LogP contribution in [0.1, 0.15) is 29.3 Å². The molecular formula is C19H22FN3O3S. The lowest BCUT2D eigenvalue weighted by atomic mass is 10.2. The Morgan fingerprint density at radius 2 is 2.04 bits per heavy atom. The molecule has 144 valence electrons. The highest BCUT2D eigenvalue weighted by molar-refractivity contribution is 7.91. The van der Waals surface area contributed by atoms with E-state index in [9.17, 15) is 17.6 Å². The van der Waals surface area contributed by atoms with Gasteiger partial charge in [-0.1, -0.05) is 12.1 Å². The second kappa shape index (κ2) is 8.04. The van der Waals surface area contributed by atoms with Crippen molar-refractivity contribution in [1.29, 1.82) is 0 Å². The van der Waals surface area contributed by atoms with E-state index < -0.39 is 9.84 Å². The zero-order chi connectivity index (χ0) is 19.4. The maximum absolute atomic E-state index is 12.9. The molecule has 2 aromatic rings. The number of nitrogens with one attached hydrogen (secondary N) is 1. The van der Waals surface area contributed by atoms with Crippen LogP contribution in [0.3, 0.4) is 0 Å². The van der Waals surface area contributed by atoms with Crippen LogP contribution in [0.5, 0.6) is 0 Å². The second-order valence-electron chi connectivity index (χ2n) is 6.55. The number of rotatable bonds is 6. The van der Waals surface area contributed by atoms with Crippen LogP contribution in [-0.2, 0) is 16.4 Å². The molecule has 1 fully saturated rings. The van der Waals surface area contributed by atoms with Crippen LogP contribution in [-0.4, -0.2) is 43.4 Å². The maximum Gasteiger partial charge on any atom is 0.251 e. The predicted molar refractivity (Wildman–Crippen MR) is 102 cm³/mol. The number of carbonyl (C=O) groups is 1. The molecule has 0 spiro atoms. The van der Waals surface area contributed by atoms with Gasteiger partial charge in [0.15, 0.2) is 9.84 Å². The molecule has 1 N–H and O–H groups in total. The van der Waals surface area contributed by atoms with Gasteiger partial charge in [-0.05, 0) is 43.2 Å². The number of hydrogen-bond acceptors (Lipinski definition) is 5. The second-order valence-corrected chi connectivity index (χ2v) is 8.78. The van der Waals surface area contributed by atoms with E-state index in [-0.39, 0.29) is 35.8 Å². The number of pyridine rings is 1. The first-order valence-corrected chi connectivity index (χ1v) is 10.7. The number of hydrogen-bond donors (Lipinski definition) is 1. The Morgan fingerprint density at radius 3 is 2.67 bits per heavy atom. The van der Waals surface area contributed by atoms with Gasteiger partial charge in [0.2, 0.25) is 0 Å². The van der Waals surface area contributed by atoms with Crippen molar-refractivity contribution >= 4 is 21.6 Å². The van der Waals surface area contributed by atoms with Crippen molar-refractivity contribution < 1.29 is 17.6 Å². The fraction of sp³-hybridized carbons (Fsp3) is 0.368. The molecule has 1 aliphatic rings. The first-order valence-electron chi connectivity index (χ1n) is 8.84. The van der Waals surface area contributed by atoms with Gasteiger partial charge in [-0.25, -0.2) is 17.8 Å². The molecule has 1 saturated heterocycles. The molecule has 1 unspecified atom stereocenters. The molecule has 0 bridgehead atoms. The molecule has 1 aromatic carbocycles. The van der Waals surface area contributed by atoms with E-state index in [2.05, 4.69) is 10.3 Å². The van der Waals surface area contributed by atoms with Gasteiger partial charge in [-0.2, -0.15) is 0 Å². The van der Waals surface area contributed by atoms with E-state index >= 15 is 0 Å². The molecule has 0 radical (unpaired) electrons. The summed E-state index contributed by atoms with van der Waals surface area (Å²) in [5, 5.41) is 2.80. The van der Waals surface area contributed by atoms with Gasteiger partial charge in [0.1, 0.15) is 11.6 Å². The summed E-state index contributed by atoms with van der Waals surface area (Å²) >= 11 is 0. The zero-order valence-electron chi connectivity index (χ0n) is 15.1. The Labute approximate surface area is 158 Å². The van der Waals surface area contributed by atoms with E-state index in [1.807, 2.05) is 11.8 Å². The summed E-state index contributed by atoms with van der Waals surface area (Å²) in [6.07, 6.45) is 2.12. The van der Waals surface area contributed by atoms with Gasteiger partial charge in [0, 0.05) is 30.9 Å². The minimum Gasteiger partial charge on any atom is -0.353 e. The highest BCUT2D eigenvalue weighted by Gasteiger charge is 2.32. The summed E-state index contributed by atoms with van der Waals surface area (Å²) in [6, 6.07) is 9.10. The van der Waals surface area contributed by atoms with Crippen LogP contribution in [0.2, 0.25) is 0 Å². The lowest BCUT2D eigenvalue weighted by Gasteiger charge is -2.28. The first-order chi connectivity index (χ1) is 12.9. The van der Waals surface area contributed by atoms with E-state index in [4.69, 9.17) is 0 Å². The largest absolute Gasteiger partial charge is 0.353 e. The maximum atomic E-state index is 12.9. The number of nitrogens with zero attached hydrogens (tertiary/aromatic N) is 2. The standard InChI is InChI=1S/C19H22FN3O3S/c1-2-23(17-8-10-27(25,26)13-17)18-11-15(7-9-21-18)19(24)22-12-14-3-5-16(20)6-4-14/h3-7,9,11,17H,2,8,10,12-13H2,1H3,(H,22,24). The third-order valence-corrected chi connectivity index (χ3v) is 6.41. The van der Waals surface area contributed by atoms with Gasteiger partial charge in [0.05, 0.1) is 11.5 Å². The van der Waals surface area contributed by atoms with E-state index in [1.54, 1.807) is 30.5 Å². The topological polar surface area (TPSA) is 79.4 Å². The van der Waals surface area contributed by atoms with Crippen molar-refractivity contribution in [2.45, 2.75) is 25.9 Å². The van der Waals surface area contributed by atoms with Crippen molar-refractivity contribution in [2.24, 2.45) is 0 Å². The minimum absolute atomic E-state index is 0.115. The average Bonchev–Trinajstić information content (AvgIpc) is 3.01. The molecule has 2 heterocycles. The Morgan fingerprint density at radius 1 is 1.30 bits per heavy atom. The Bertz CT molecular complexity index is 916. The van der Waals surface area contributed by atoms with E-state index in [0.29, 0.717) is 24.3 Å². The lowest BCUT2D eigenvalue weighted by Crippen LogP contribution is -2.37. The van der Waals surface area contributed by atoms with Crippen LogP contribution in [0.4, 0.5) is 10.2 Å². The highest BCUT2D eigenvalue weighted by Crippen LogP contribution is 2.23. The summed E-state index contributed by atoms with van der Waals surface area (Å²) < 4.78 is 36.5. The summed E-state index contributed by atoms with van der Waals surface area (Å²) in [7, 11) is -3.00. The van der Waals surface area contributed by atoms with Crippen LogP contribution >= 0.6 is 0 Å². The van der Waals surface area contributed by atoms with Crippen molar-refractivity contribution in [1.82, 2.24) is 10.3 Å². The predicted octanol–water partition coefficient (Wildman–Crippen LogP) is 2.16. The van der Waals surface area contributed by atoms with Gasteiger partial charge in [-0.15, -0.1) is 0 Å². The number of aromatic nitrogens is 1. The Hall–Kier alpha value is -2.48. The van der Waals surface area contributed by atoms with Crippen LogP contribution in [0, 0.1) is 5.82 Å². The number of anilines is 1. The smallest absolute Gasteiger partial charge is 0.251 e. The van der Waals surface area contributed by atoms with Crippen LogP contribution < -0.4 is 10.2 Å². The molecule has 1 amide bonds. The van der Waals surface area contributed by atoms with E-state index in [0.717, 1.165) is 5.56 Å². The summed E-state index contributed by atoms with van der Waals surface area (Å²) in [5.41, 5.74) is 1.24.